The van der Waals surface area contributed by atoms with Crippen LogP contribution in [0, 0.1) is 11.8 Å². The van der Waals surface area contributed by atoms with Gasteiger partial charge in [0.05, 0.1) is 38.5 Å². The highest BCUT2D eigenvalue weighted by Crippen LogP contribution is 2.21. The van der Waals surface area contributed by atoms with Gasteiger partial charge in [0.1, 0.15) is 12.1 Å². The third kappa shape index (κ3) is 8.08. The number of carbonyl (C=O) groups is 1. The van der Waals surface area contributed by atoms with E-state index in [0.717, 1.165) is 44.5 Å². The molecule has 4 N–H and O–H groups in total. The van der Waals surface area contributed by atoms with Gasteiger partial charge >= 0.3 is 0 Å². The molecule has 3 heterocycles. The molecule has 1 fully saturated rings. The Morgan fingerprint density at radius 3 is 2.83 bits per heavy atom. The van der Waals surface area contributed by atoms with Crippen molar-refractivity contribution in [1.82, 2.24) is 15.5 Å². The Balaban J connectivity index is 1.74. The molecule has 0 spiro atoms. The van der Waals surface area contributed by atoms with Crippen LogP contribution in [0.3, 0.4) is 0 Å². The van der Waals surface area contributed by atoms with Crippen molar-refractivity contribution in [3.05, 3.63) is 11.8 Å². The number of amides is 1. The van der Waals surface area contributed by atoms with Crippen LogP contribution in [0.4, 0.5) is 4.39 Å². The monoisotopic (exact) mass is 492 g/mol. The number of hydrogen-bond donors (Lipinski definition) is 3. The number of nitrogens with one attached hydrogen (secondary N) is 2. The summed E-state index contributed by atoms with van der Waals surface area (Å²) in [5.41, 5.74) is 8.11. The van der Waals surface area contributed by atoms with Crippen LogP contribution in [0.15, 0.2) is 21.8 Å². The Bertz CT molecular complexity index is 767. The molecule has 0 aromatic rings. The molecule has 6 unspecified atom stereocenters. The first-order valence-electron chi connectivity index (χ1n) is 13.4. The zero-order chi connectivity index (χ0) is 25.2. The Labute approximate surface area is 210 Å². The van der Waals surface area contributed by atoms with Crippen molar-refractivity contribution in [2.24, 2.45) is 27.6 Å². The molecule has 0 aromatic carbocycles. The lowest BCUT2D eigenvalue weighted by Crippen LogP contribution is -2.60. The van der Waals surface area contributed by atoms with Crippen LogP contribution >= 0.6 is 0 Å². The summed E-state index contributed by atoms with van der Waals surface area (Å²) in [5.74, 6) is -0.651. The number of alkyl halides is 1. The van der Waals surface area contributed by atoms with Crippen LogP contribution in [0.2, 0.25) is 0 Å². The molecule has 9 heteroatoms. The molecule has 1 amide bonds. The largest absolute Gasteiger partial charge is 0.379 e. The second-order valence-corrected chi connectivity index (χ2v) is 10.1. The number of rotatable bonds is 8. The first-order valence-corrected chi connectivity index (χ1v) is 13.4. The average Bonchev–Trinajstić information content (AvgIpc) is 2.86. The van der Waals surface area contributed by atoms with Crippen molar-refractivity contribution < 1.29 is 13.9 Å². The van der Waals surface area contributed by atoms with Crippen LogP contribution in [-0.4, -0.2) is 86.5 Å². The third-order valence-corrected chi connectivity index (χ3v) is 7.41. The molecule has 3 rings (SSSR count). The standard InChI is InChI=1S/C26H45FN6O2/c1-4-5-6-7-18(2)21-9-8-20(27)16-30-19(3)24(25(28)31-21)26(34)32-22-17-29-11-10-23(22)33-12-14-35-15-13-33/h9,11,18,20,22-25,31H,4-8,10,12-17,28H2,1-3H3,(H,32,34)/b21-9-,30-19+. The molecule has 0 radical (unpaired) electrons. The van der Waals surface area contributed by atoms with E-state index in [9.17, 15) is 9.18 Å². The second-order valence-electron chi connectivity index (χ2n) is 10.1. The quantitative estimate of drug-likeness (QED) is 0.452. The summed E-state index contributed by atoms with van der Waals surface area (Å²) < 4.78 is 20.1. The Kier molecular flexibility index (Phi) is 11.1. The van der Waals surface area contributed by atoms with Crippen molar-refractivity contribution in [3.8, 4) is 0 Å². The van der Waals surface area contributed by atoms with Gasteiger partial charge in [-0.25, -0.2) is 4.39 Å². The summed E-state index contributed by atoms with van der Waals surface area (Å²) in [5, 5.41) is 6.61. The van der Waals surface area contributed by atoms with Crippen molar-refractivity contribution in [2.75, 3.05) is 39.4 Å². The predicted molar refractivity (Wildman–Crippen MR) is 140 cm³/mol. The fourth-order valence-electron chi connectivity index (χ4n) is 5.20. The van der Waals surface area contributed by atoms with Gasteiger partial charge in [-0.05, 0) is 25.7 Å². The minimum Gasteiger partial charge on any atom is -0.379 e. The fraction of sp³-hybridized carbons (Fsp3) is 0.808. The Morgan fingerprint density at radius 2 is 2.09 bits per heavy atom. The van der Waals surface area contributed by atoms with Crippen molar-refractivity contribution in [2.45, 2.75) is 83.7 Å². The maximum absolute atomic E-state index is 14.6. The second kappa shape index (κ2) is 14.0. The molecule has 3 aliphatic rings. The average molecular weight is 493 g/mol. The molecule has 0 bridgehead atoms. The van der Waals surface area contributed by atoms with Gasteiger partial charge < -0.3 is 21.1 Å². The first-order chi connectivity index (χ1) is 16.9. The van der Waals surface area contributed by atoms with E-state index in [4.69, 9.17) is 10.5 Å². The van der Waals surface area contributed by atoms with E-state index in [1.54, 1.807) is 6.92 Å². The highest BCUT2D eigenvalue weighted by Gasteiger charge is 2.36. The molecule has 0 saturated carbocycles. The molecular formula is C26H45FN6O2. The van der Waals surface area contributed by atoms with Crippen LogP contribution in [0.5, 0.6) is 0 Å². The number of hydrogen-bond acceptors (Lipinski definition) is 7. The van der Waals surface area contributed by atoms with Crippen LogP contribution in [0.25, 0.3) is 0 Å². The van der Waals surface area contributed by atoms with Gasteiger partial charge in [-0.15, -0.1) is 0 Å². The number of morpholine rings is 1. The molecule has 0 aliphatic carbocycles. The van der Waals surface area contributed by atoms with Gasteiger partial charge in [-0.3, -0.25) is 19.7 Å². The maximum Gasteiger partial charge on any atom is 0.232 e. The lowest BCUT2D eigenvalue weighted by molar-refractivity contribution is -0.125. The number of nitrogens with two attached hydrogens (primary N) is 1. The van der Waals surface area contributed by atoms with E-state index in [1.807, 2.05) is 12.3 Å². The van der Waals surface area contributed by atoms with Gasteiger partial charge in [0, 0.05) is 43.2 Å². The number of nitrogens with zero attached hydrogens (tertiary/aromatic N) is 3. The number of ether oxygens (including phenoxy) is 1. The minimum atomic E-state index is -1.08. The highest BCUT2D eigenvalue weighted by molar-refractivity contribution is 6.04. The summed E-state index contributed by atoms with van der Waals surface area (Å²) in [4.78, 5) is 24.9. The van der Waals surface area contributed by atoms with Crippen LogP contribution < -0.4 is 16.4 Å². The third-order valence-electron chi connectivity index (χ3n) is 7.41. The fourth-order valence-corrected chi connectivity index (χ4v) is 5.20. The molecule has 0 aromatic heterocycles. The molecule has 8 nitrogen and oxygen atoms in total. The van der Waals surface area contributed by atoms with E-state index in [1.165, 1.54) is 6.42 Å². The van der Waals surface area contributed by atoms with Crippen molar-refractivity contribution >= 4 is 17.8 Å². The van der Waals surface area contributed by atoms with E-state index in [2.05, 4.69) is 39.4 Å². The zero-order valence-electron chi connectivity index (χ0n) is 21.7. The SMILES string of the molecule is CCCCCC(C)/C1=C/CC(F)C/N=C(\C)C(C(=O)NC2CN=CCC2N2CCOCC2)C(N)N1. The summed E-state index contributed by atoms with van der Waals surface area (Å²) >= 11 is 0. The summed E-state index contributed by atoms with van der Waals surface area (Å²) in [7, 11) is 0. The summed E-state index contributed by atoms with van der Waals surface area (Å²) in [6.07, 6.45) is 7.65. The van der Waals surface area contributed by atoms with Gasteiger partial charge in [-0.2, -0.15) is 0 Å². The summed E-state index contributed by atoms with van der Waals surface area (Å²) in [6, 6.07) is 0.0588. The Hall–Kier alpha value is -1.84. The number of aliphatic imine (C=N–C) groups is 2. The lowest BCUT2D eigenvalue weighted by atomic mass is 9.93. The molecule has 3 aliphatic heterocycles. The van der Waals surface area contributed by atoms with Gasteiger partial charge in [0.2, 0.25) is 5.91 Å². The number of unbranched alkanes of at least 4 members (excludes halogenated alkanes) is 2. The first kappa shape index (κ1) is 27.7. The molecular weight excluding hydrogens is 447 g/mol. The summed E-state index contributed by atoms with van der Waals surface area (Å²) in [6.45, 7) is 9.78. The van der Waals surface area contributed by atoms with Crippen molar-refractivity contribution in [3.63, 3.8) is 0 Å². The van der Waals surface area contributed by atoms with E-state index in [-0.39, 0.29) is 30.5 Å². The molecule has 35 heavy (non-hydrogen) atoms. The van der Waals surface area contributed by atoms with Crippen LogP contribution in [-0.2, 0) is 9.53 Å². The predicted octanol–water partition coefficient (Wildman–Crippen LogP) is 2.44. The highest BCUT2D eigenvalue weighted by atomic mass is 19.1. The minimum absolute atomic E-state index is 0.0421. The molecule has 198 valence electrons. The van der Waals surface area contributed by atoms with E-state index in [0.29, 0.717) is 31.9 Å². The van der Waals surface area contributed by atoms with E-state index >= 15 is 0 Å². The van der Waals surface area contributed by atoms with Gasteiger partial charge in [-0.1, -0.05) is 39.2 Å². The normalized spacial score (nSPS) is 34.6. The topological polar surface area (TPSA) is 104 Å². The molecule has 1 saturated heterocycles. The smallest absolute Gasteiger partial charge is 0.232 e. The number of halogens is 1. The molecule has 6 atom stereocenters. The van der Waals surface area contributed by atoms with Crippen molar-refractivity contribution in [1.29, 1.82) is 0 Å². The number of carbonyl (C=O) groups excluding carboxylic acids is 1. The maximum atomic E-state index is 14.6. The van der Waals surface area contributed by atoms with E-state index < -0.39 is 18.3 Å². The van der Waals surface area contributed by atoms with Gasteiger partial charge in [0.15, 0.2) is 0 Å². The van der Waals surface area contributed by atoms with Crippen LogP contribution in [0.1, 0.15) is 59.3 Å². The zero-order valence-corrected chi connectivity index (χ0v) is 21.7. The number of allylic oxidation sites excluding steroid dienone is 2. The lowest BCUT2D eigenvalue weighted by Gasteiger charge is -2.40. The van der Waals surface area contributed by atoms with Gasteiger partial charge in [0.25, 0.3) is 0 Å². The Morgan fingerprint density at radius 1 is 1.31 bits per heavy atom.